The zero-order chi connectivity index (χ0) is 12.3. The summed E-state index contributed by atoms with van der Waals surface area (Å²) in [6, 6.07) is 1.74. The Morgan fingerprint density at radius 1 is 1.65 bits per heavy atom. The standard InChI is InChI=1S/C10H14BrN5O/c1-2-7(11)3-4-12-8-5-9-14-15-10(17)16(9)6-13-8/h5-7,12H,2-4H2,1H3,(H,15,17). The minimum absolute atomic E-state index is 0.273. The first-order valence-electron chi connectivity index (χ1n) is 5.51. The molecule has 1 unspecified atom stereocenters. The number of alkyl halides is 1. The Morgan fingerprint density at radius 2 is 2.47 bits per heavy atom. The van der Waals surface area contributed by atoms with Gasteiger partial charge in [-0.1, -0.05) is 22.9 Å². The highest BCUT2D eigenvalue weighted by Gasteiger charge is 2.03. The van der Waals surface area contributed by atoms with Crippen molar-refractivity contribution >= 4 is 27.4 Å². The van der Waals surface area contributed by atoms with Gasteiger partial charge in [0.1, 0.15) is 12.1 Å². The average Bonchev–Trinajstić information content (AvgIpc) is 2.70. The Balaban J connectivity index is 2.02. The van der Waals surface area contributed by atoms with Crippen LogP contribution in [-0.4, -0.2) is 31.0 Å². The highest BCUT2D eigenvalue weighted by atomic mass is 79.9. The fourth-order valence-corrected chi connectivity index (χ4v) is 1.70. The highest BCUT2D eigenvalue weighted by Crippen LogP contribution is 2.10. The van der Waals surface area contributed by atoms with Crippen LogP contribution in [0, 0.1) is 0 Å². The monoisotopic (exact) mass is 299 g/mol. The Bertz CT molecular complexity index is 549. The van der Waals surface area contributed by atoms with E-state index in [2.05, 4.69) is 43.4 Å². The normalized spacial score (nSPS) is 12.8. The largest absolute Gasteiger partial charge is 0.370 e. The van der Waals surface area contributed by atoms with Crippen LogP contribution in [0.25, 0.3) is 5.65 Å². The van der Waals surface area contributed by atoms with Crippen molar-refractivity contribution in [3.05, 3.63) is 22.9 Å². The number of halogens is 1. The van der Waals surface area contributed by atoms with Gasteiger partial charge in [0.15, 0.2) is 5.65 Å². The lowest BCUT2D eigenvalue weighted by Gasteiger charge is -2.08. The summed E-state index contributed by atoms with van der Waals surface area (Å²) in [7, 11) is 0. The molecule has 0 radical (unpaired) electrons. The summed E-state index contributed by atoms with van der Waals surface area (Å²) in [5.74, 6) is 0.729. The zero-order valence-corrected chi connectivity index (χ0v) is 11.1. The number of aromatic amines is 1. The molecule has 0 saturated carbocycles. The van der Waals surface area contributed by atoms with Crippen molar-refractivity contribution in [3.63, 3.8) is 0 Å². The molecule has 7 heteroatoms. The van der Waals surface area contributed by atoms with E-state index in [4.69, 9.17) is 0 Å². The first kappa shape index (κ1) is 12.1. The van der Waals surface area contributed by atoms with E-state index in [-0.39, 0.29) is 5.69 Å². The topological polar surface area (TPSA) is 75.1 Å². The number of nitrogens with one attached hydrogen (secondary N) is 2. The SMILES string of the molecule is CCC(Br)CCNc1cc2n[nH]c(=O)n2cn1. The second-order valence-electron chi connectivity index (χ2n) is 3.75. The fraction of sp³-hybridized carbons (Fsp3) is 0.500. The van der Waals surface area contributed by atoms with E-state index in [1.807, 2.05) is 0 Å². The molecule has 2 heterocycles. The van der Waals surface area contributed by atoms with E-state index in [1.165, 1.54) is 10.7 Å². The van der Waals surface area contributed by atoms with Gasteiger partial charge in [-0.2, -0.15) is 5.10 Å². The van der Waals surface area contributed by atoms with Crippen LogP contribution in [0.15, 0.2) is 17.2 Å². The predicted molar refractivity (Wildman–Crippen MR) is 69.7 cm³/mol. The molecule has 0 bridgehead atoms. The predicted octanol–water partition coefficient (Wildman–Crippen LogP) is 1.39. The van der Waals surface area contributed by atoms with Crippen molar-refractivity contribution in [2.75, 3.05) is 11.9 Å². The first-order chi connectivity index (χ1) is 8.20. The molecule has 6 nitrogen and oxygen atoms in total. The van der Waals surface area contributed by atoms with Crippen LogP contribution in [0.1, 0.15) is 19.8 Å². The molecular weight excluding hydrogens is 286 g/mol. The van der Waals surface area contributed by atoms with Crippen molar-refractivity contribution in [3.8, 4) is 0 Å². The van der Waals surface area contributed by atoms with Gasteiger partial charge in [0.05, 0.1) is 0 Å². The van der Waals surface area contributed by atoms with E-state index in [0.717, 1.165) is 25.2 Å². The Labute approximate surface area is 107 Å². The molecule has 2 rings (SSSR count). The Kier molecular flexibility index (Phi) is 3.78. The van der Waals surface area contributed by atoms with Crippen LogP contribution in [0.3, 0.4) is 0 Å². The lowest BCUT2D eigenvalue weighted by molar-refractivity contribution is 0.772. The van der Waals surface area contributed by atoms with E-state index in [9.17, 15) is 4.79 Å². The maximum absolute atomic E-state index is 11.2. The molecule has 2 N–H and O–H groups in total. The van der Waals surface area contributed by atoms with Crippen molar-refractivity contribution in [1.82, 2.24) is 19.6 Å². The van der Waals surface area contributed by atoms with Crippen LogP contribution in [-0.2, 0) is 0 Å². The third-order valence-electron chi connectivity index (χ3n) is 2.52. The molecule has 0 aliphatic heterocycles. The van der Waals surface area contributed by atoms with Crippen LogP contribution in [0.5, 0.6) is 0 Å². The number of rotatable bonds is 5. The molecule has 0 saturated heterocycles. The number of anilines is 1. The number of H-pyrrole nitrogens is 1. The molecule has 0 aromatic carbocycles. The van der Waals surface area contributed by atoms with Gasteiger partial charge in [-0.05, 0) is 12.8 Å². The molecule has 0 fully saturated rings. The Hall–Kier alpha value is -1.37. The smallest absolute Gasteiger partial charge is 0.348 e. The number of aromatic nitrogens is 4. The molecule has 0 aliphatic rings. The summed E-state index contributed by atoms with van der Waals surface area (Å²) in [6.45, 7) is 2.97. The molecular formula is C10H14BrN5O. The van der Waals surface area contributed by atoms with E-state index < -0.39 is 0 Å². The number of hydrogen-bond donors (Lipinski definition) is 2. The lowest BCUT2D eigenvalue weighted by atomic mass is 10.2. The summed E-state index contributed by atoms with van der Waals surface area (Å²) in [4.78, 5) is 15.9. The second-order valence-corrected chi connectivity index (χ2v) is 5.05. The zero-order valence-electron chi connectivity index (χ0n) is 9.48. The van der Waals surface area contributed by atoms with Crippen molar-refractivity contribution in [2.24, 2.45) is 0 Å². The summed E-state index contributed by atoms with van der Waals surface area (Å²) in [5.41, 5.74) is 0.295. The van der Waals surface area contributed by atoms with Crippen molar-refractivity contribution in [2.45, 2.75) is 24.6 Å². The van der Waals surface area contributed by atoms with Crippen molar-refractivity contribution < 1.29 is 0 Å². The van der Waals surface area contributed by atoms with Gasteiger partial charge in [0.25, 0.3) is 0 Å². The summed E-state index contributed by atoms with van der Waals surface area (Å²) in [5, 5.41) is 9.44. The van der Waals surface area contributed by atoms with Crippen LogP contribution in [0.2, 0.25) is 0 Å². The van der Waals surface area contributed by atoms with Gasteiger partial charge < -0.3 is 5.32 Å². The van der Waals surface area contributed by atoms with Gasteiger partial charge >= 0.3 is 5.69 Å². The third kappa shape index (κ3) is 2.85. The molecule has 2 aromatic heterocycles. The average molecular weight is 300 g/mol. The van der Waals surface area contributed by atoms with Crippen LogP contribution < -0.4 is 11.0 Å². The molecule has 92 valence electrons. The second kappa shape index (κ2) is 5.31. The molecule has 0 amide bonds. The van der Waals surface area contributed by atoms with E-state index >= 15 is 0 Å². The van der Waals surface area contributed by atoms with Gasteiger partial charge in [-0.25, -0.2) is 19.3 Å². The molecule has 0 aliphatic carbocycles. The number of fused-ring (bicyclic) bond motifs is 1. The summed E-state index contributed by atoms with van der Waals surface area (Å²) < 4.78 is 1.37. The van der Waals surface area contributed by atoms with Gasteiger partial charge in [-0.3, -0.25) is 0 Å². The minimum atomic E-state index is -0.273. The summed E-state index contributed by atoms with van der Waals surface area (Å²) in [6.07, 6.45) is 3.59. The molecule has 1 atom stereocenters. The third-order valence-corrected chi connectivity index (χ3v) is 3.62. The fourth-order valence-electron chi connectivity index (χ4n) is 1.47. The van der Waals surface area contributed by atoms with Crippen LogP contribution in [0.4, 0.5) is 5.82 Å². The molecule has 2 aromatic rings. The number of nitrogens with zero attached hydrogens (tertiary/aromatic N) is 3. The maximum Gasteiger partial charge on any atom is 0.348 e. The first-order valence-corrected chi connectivity index (χ1v) is 6.43. The van der Waals surface area contributed by atoms with E-state index in [1.54, 1.807) is 6.07 Å². The lowest BCUT2D eigenvalue weighted by Crippen LogP contribution is -2.12. The summed E-state index contributed by atoms with van der Waals surface area (Å²) >= 11 is 3.57. The quantitative estimate of drug-likeness (QED) is 0.818. The van der Waals surface area contributed by atoms with E-state index in [0.29, 0.717) is 10.5 Å². The van der Waals surface area contributed by atoms with Crippen molar-refractivity contribution in [1.29, 1.82) is 0 Å². The van der Waals surface area contributed by atoms with Crippen LogP contribution >= 0.6 is 15.9 Å². The Morgan fingerprint density at radius 3 is 3.24 bits per heavy atom. The number of hydrogen-bond acceptors (Lipinski definition) is 4. The van der Waals surface area contributed by atoms with Gasteiger partial charge in [0, 0.05) is 17.4 Å². The van der Waals surface area contributed by atoms with Gasteiger partial charge in [0.2, 0.25) is 0 Å². The molecule has 0 spiro atoms. The van der Waals surface area contributed by atoms with Gasteiger partial charge in [-0.15, -0.1) is 0 Å². The molecule has 17 heavy (non-hydrogen) atoms. The maximum atomic E-state index is 11.2. The minimum Gasteiger partial charge on any atom is -0.370 e. The highest BCUT2D eigenvalue weighted by molar-refractivity contribution is 9.09.